The summed E-state index contributed by atoms with van der Waals surface area (Å²) >= 11 is 12.0. The van der Waals surface area contributed by atoms with E-state index in [-0.39, 0.29) is 21.7 Å². The van der Waals surface area contributed by atoms with E-state index in [9.17, 15) is 13.2 Å². The third-order valence-corrected chi connectivity index (χ3v) is 8.13. The van der Waals surface area contributed by atoms with E-state index in [1.54, 1.807) is 6.07 Å². The summed E-state index contributed by atoms with van der Waals surface area (Å²) in [5, 5.41) is 0.473. The molecule has 1 unspecified atom stereocenters. The Bertz CT molecular complexity index is 804. The first-order valence-electron chi connectivity index (χ1n) is 9.64. The second kappa shape index (κ2) is 9.30. The van der Waals surface area contributed by atoms with Gasteiger partial charge >= 0.3 is 0 Å². The molecule has 3 rings (SSSR count). The molecule has 0 spiro atoms. The molecule has 6 nitrogen and oxygen atoms in total. The molecular weight excluding hydrogens is 423 g/mol. The lowest BCUT2D eigenvalue weighted by Gasteiger charge is -2.34. The number of carbonyl (C=O) groups is 1. The summed E-state index contributed by atoms with van der Waals surface area (Å²) in [6.07, 6.45) is 2.00. The Morgan fingerprint density at radius 3 is 2.57 bits per heavy atom. The molecule has 1 aromatic rings. The Morgan fingerprint density at radius 2 is 1.96 bits per heavy atom. The number of hydrogen-bond donors (Lipinski definition) is 0. The third kappa shape index (κ3) is 4.82. The topological polar surface area (TPSA) is 66.9 Å². The van der Waals surface area contributed by atoms with Crippen LogP contribution in [0.5, 0.6) is 0 Å². The Morgan fingerprint density at radius 1 is 1.25 bits per heavy atom. The lowest BCUT2D eigenvalue weighted by Crippen LogP contribution is -2.45. The van der Waals surface area contributed by atoms with E-state index in [0.717, 1.165) is 13.0 Å². The van der Waals surface area contributed by atoms with Crippen LogP contribution in [0.15, 0.2) is 23.1 Å². The van der Waals surface area contributed by atoms with Crippen LogP contribution in [0.3, 0.4) is 0 Å². The molecule has 2 fully saturated rings. The summed E-state index contributed by atoms with van der Waals surface area (Å²) in [6.45, 7) is 5.42. The number of nitrogens with zero attached hydrogens (tertiary/aromatic N) is 2. The largest absolute Gasteiger partial charge is 0.381 e. The van der Waals surface area contributed by atoms with E-state index in [4.69, 9.17) is 27.9 Å². The van der Waals surface area contributed by atoms with Crippen LogP contribution in [0, 0.1) is 11.8 Å². The molecule has 1 aromatic carbocycles. The average Bonchev–Trinajstić information content (AvgIpc) is 3.20. The Kier molecular flexibility index (Phi) is 7.26. The molecule has 2 aliphatic heterocycles. The first-order chi connectivity index (χ1) is 13.3. The number of benzene rings is 1. The number of rotatable bonds is 6. The van der Waals surface area contributed by atoms with Crippen molar-refractivity contribution in [3.05, 3.63) is 28.2 Å². The lowest BCUT2D eigenvalue weighted by atomic mass is 9.96. The van der Waals surface area contributed by atoms with Gasteiger partial charge in [-0.15, -0.1) is 0 Å². The molecule has 28 heavy (non-hydrogen) atoms. The van der Waals surface area contributed by atoms with Crippen LogP contribution in [-0.2, 0) is 19.6 Å². The van der Waals surface area contributed by atoms with Gasteiger partial charge in [0.2, 0.25) is 15.9 Å². The second-order valence-electron chi connectivity index (χ2n) is 7.36. The van der Waals surface area contributed by atoms with E-state index >= 15 is 0 Å². The number of piperidine rings is 1. The summed E-state index contributed by atoms with van der Waals surface area (Å²) in [7, 11) is -3.73. The molecule has 2 saturated heterocycles. The maximum atomic E-state index is 12.9. The Hall–Kier alpha value is -0.860. The van der Waals surface area contributed by atoms with Gasteiger partial charge in [0.15, 0.2) is 0 Å². The van der Waals surface area contributed by atoms with Gasteiger partial charge in [-0.05, 0) is 44.4 Å². The monoisotopic (exact) mass is 448 g/mol. The number of sulfonamides is 1. The van der Waals surface area contributed by atoms with Crippen molar-refractivity contribution in [1.29, 1.82) is 0 Å². The van der Waals surface area contributed by atoms with Gasteiger partial charge in [0.05, 0.1) is 11.6 Å². The van der Waals surface area contributed by atoms with Crippen molar-refractivity contribution in [2.45, 2.75) is 31.1 Å². The zero-order chi connectivity index (χ0) is 20.3. The van der Waals surface area contributed by atoms with Crippen molar-refractivity contribution in [2.75, 3.05) is 39.4 Å². The fourth-order valence-corrected chi connectivity index (χ4v) is 6.04. The highest BCUT2D eigenvalue weighted by molar-refractivity contribution is 7.89. The van der Waals surface area contributed by atoms with Gasteiger partial charge < -0.3 is 9.64 Å². The number of hydrogen-bond acceptors (Lipinski definition) is 4. The standard InChI is InChI=1S/C19H26Cl2N2O4S/c1-2-22(12-14-7-10-27-13-14)19(24)15-5-8-23(9-6-15)28(25,26)18-11-16(20)3-4-17(18)21/h3-4,11,14-15H,2,5-10,12-13H2,1H3. The molecule has 1 amide bonds. The van der Waals surface area contributed by atoms with E-state index in [1.165, 1.54) is 16.4 Å². The van der Waals surface area contributed by atoms with Gasteiger partial charge in [0.1, 0.15) is 4.90 Å². The average molecular weight is 449 g/mol. The number of ether oxygens (including phenoxy) is 1. The highest BCUT2D eigenvalue weighted by Gasteiger charge is 2.35. The predicted molar refractivity (Wildman–Crippen MR) is 109 cm³/mol. The number of halogens is 2. The van der Waals surface area contributed by atoms with Crippen LogP contribution in [0.25, 0.3) is 0 Å². The van der Waals surface area contributed by atoms with E-state index in [0.29, 0.717) is 56.6 Å². The maximum absolute atomic E-state index is 12.9. The molecule has 1 atom stereocenters. The normalized spacial score (nSPS) is 21.8. The molecule has 0 saturated carbocycles. The van der Waals surface area contributed by atoms with Gasteiger partial charge in [-0.2, -0.15) is 4.31 Å². The quantitative estimate of drug-likeness (QED) is 0.669. The van der Waals surface area contributed by atoms with Crippen LogP contribution in [-0.4, -0.2) is 62.9 Å². The molecule has 2 heterocycles. The van der Waals surface area contributed by atoms with Crippen molar-refractivity contribution in [3.63, 3.8) is 0 Å². The highest BCUT2D eigenvalue weighted by atomic mass is 35.5. The summed E-state index contributed by atoms with van der Waals surface area (Å²) in [5.74, 6) is 0.366. The van der Waals surface area contributed by atoms with E-state index < -0.39 is 10.0 Å². The summed E-state index contributed by atoms with van der Waals surface area (Å²) in [5.41, 5.74) is 0. The Balaban J connectivity index is 1.63. The first kappa shape index (κ1) is 21.8. The fourth-order valence-electron chi connectivity index (χ4n) is 3.83. The van der Waals surface area contributed by atoms with Crippen LogP contribution in [0.2, 0.25) is 10.0 Å². The molecule has 2 aliphatic rings. The summed E-state index contributed by atoms with van der Waals surface area (Å²) in [6, 6.07) is 4.42. The van der Waals surface area contributed by atoms with Crippen molar-refractivity contribution in [3.8, 4) is 0 Å². The minimum Gasteiger partial charge on any atom is -0.381 e. The summed E-state index contributed by atoms with van der Waals surface area (Å²) < 4.78 is 32.7. The fraction of sp³-hybridized carbons (Fsp3) is 0.632. The molecule has 156 valence electrons. The van der Waals surface area contributed by atoms with Gasteiger partial charge in [0, 0.05) is 49.6 Å². The third-order valence-electron chi connectivity index (χ3n) is 5.51. The number of carbonyl (C=O) groups excluding carboxylic acids is 1. The molecular formula is C19H26Cl2N2O4S. The Labute approximate surface area is 176 Å². The predicted octanol–water partition coefficient (Wildman–Crippen LogP) is 3.28. The van der Waals surface area contributed by atoms with Crippen LogP contribution < -0.4 is 0 Å². The van der Waals surface area contributed by atoms with Gasteiger partial charge in [-0.3, -0.25) is 4.79 Å². The molecule has 0 aromatic heterocycles. The van der Waals surface area contributed by atoms with Crippen LogP contribution in [0.1, 0.15) is 26.2 Å². The van der Waals surface area contributed by atoms with Crippen LogP contribution >= 0.6 is 23.2 Å². The van der Waals surface area contributed by atoms with Crippen molar-refractivity contribution in [2.24, 2.45) is 11.8 Å². The van der Waals surface area contributed by atoms with E-state index in [1.807, 2.05) is 11.8 Å². The minimum absolute atomic E-state index is 0.0165. The molecule has 0 radical (unpaired) electrons. The SMILES string of the molecule is CCN(CC1CCOC1)C(=O)C1CCN(S(=O)(=O)c2cc(Cl)ccc2Cl)CC1. The van der Waals surface area contributed by atoms with Gasteiger partial charge in [-0.1, -0.05) is 23.2 Å². The number of amides is 1. The molecule has 0 aliphatic carbocycles. The first-order valence-corrected chi connectivity index (χ1v) is 11.8. The van der Waals surface area contributed by atoms with Crippen molar-refractivity contribution in [1.82, 2.24) is 9.21 Å². The lowest BCUT2D eigenvalue weighted by molar-refractivity contribution is -0.137. The smallest absolute Gasteiger partial charge is 0.244 e. The molecule has 0 N–H and O–H groups in total. The second-order valence-corrected chi connectivity index (χ2v) is 10.1. The van der Waals surface area contributed by atoms with Crippen molar-refractivity contribution >= 4 is 39.1 Å². The minimum atomic E-state index is -3.73. The van der Waals surface area contributed by atoms with Gasteiger partial charge in [0.25, 0.3) is 0 Å². The van der Waals surface area contributed by atoms with Gasteiger partial charge in [-0.25, -0.2) is 8.42 Å². The summed E-state index contributed by atoms with van der Waals surface area (Å²) in [4.78, 5) is 14.8. The highest BCUT2D eigenvalue weighted by Crippen LogP contribution is 2.31. The molecule has 9 heteroatoms. The molecule has 0 bridgehead atoms. The zero-order valence-electron chi connectivity index (χ0n) is 15.9. The zero-order valence-corrected chi connectivity index (χ0v) is 18.3. The van der Waals surface area contributed by atoms with Crippen molar-refractivity contribution < 1.29 is 17.9 Å². The van der Waals surface area contributed by atoms with Crippen LogP contribution in [0.4, 0.5) is 0 Å². The maximum Gasteiger partial charge on any atom is 0.244 e. The van der Waals surface area contributed by atoms with E-state index in [2.05, 4.69) is 0 Å².